The standard InChI is InChI=1S/C16H15BrN2O3/c17-12-5-3-4-11(10-12)15(21)19-14-7-2-1-6-13(14)16(22)18-8-9-20/h1-7,10,20H,8-9H2,(H,18,22)(H,19,21). The molecule has 22 heavy (non-hydrogen) atoms. The average Bonchev–Trinajstić information content (AvgIpc) is 2.53. The van der Waals surface area contributed by atoms with Gasteiger partial charge in [0, 0.05) is 16.6 Å². The molecule has 0 saturated carbocycles. The van der Waals surface area contributed by atoms with Crippen molar-refractivity contribution in [2.75, 3.05) is 18.5 Å². The lowest BCUT2D eigenvalue weighted by molar-refractivity contribution is 0.0945. The molecule has 2 aromatic carbocycles. The van der Waals surface area contributed by atoms with Crippen molar-refractivity contribution in [2.45, 2.75) is 0 Å². The van der Waals surface area contributed by atoms with Crippen LogP contribution in [0.4, 0.5) is 5.69 Å². The number of halogens is 1. The fraction of sp³-hybridized carbons (Fsp3) is 0.125. The third-order valence-electron chi connectivity index (χ3n) is 2.90. The van der Waals surface area contributed by atoms with Crippen LogP contribution in [-0.2, 0) is 0 Å². The van der Waals surface area contributed by atoms with Crippen LogP contribution in [0.3, 0.4) is 0 Å². The van der Waals surface area contributed by atoms with Crippen LogP contribution in [0.15, 0.2) is 53.0 Å². The molecule has 2 amide bonds. The van der Waals surface area contributed by atoms with Crippen molar-refractivity contribution in [1.82, 2.24) is 5.32 Å². The quantitative estimate of drug-likeness (QED) is 0.764. The smallest absolute Gasteiger partial charge is 0.255 e. The van der Waals surface area contributed by atoms with Crippen LogP contribution in [-0.4, -0.2) is 30.1 Å². The van der Waals surface area contributed by atoms with Crippen LogP contribution in [0.2, 0.25) is 0 Å². The Morgan fingerprint density at radius 3 is 2.55 bits per heavy atom. The van der Waals surface area contributed by atoms with Crippen LogP contribution in [0, 0.1) is 0 Å². The minimum atomic E-state index is -0.348. The number of amides is 2. The molecule has 0 bridgehead atoms. The Morgan fingerprint density at radius 1 is 1.05 bits per heavy atom. The van der Waals surface area contributed by atoms with Crippen LogP contribution >= 0.6 is 15.9 Å². The number of aliphatic hydroxyl groups excluding tert-OH is 1. The summed E-state index contributed by atoms with van der Waals surface area (Å²) in [4.78, 5) is 24.3. The van der Waals surface area contributed by atoms with E-state index in [-0.39, 0.29) is 25.0 Å². The summed E-state index contributed by atoms with van der Waals surface area (Å²) in [6.07, 6.45) is 0. The fourth-order valence-corrected chi connectivity index (χ4v) is 2.28. The number of hydrogen-bond donors (Lipinski definition) is 3. The van der Waals surface area contributed by atoms with E-state index in [1.165, 1.54) is 0 Å². The van der Waals surface area contributed by atoms with E-state index in [9.17, 15) is 9.59 Å². The second-order valence-corrected chi connectivity index (χ2v) is 5.41. The predicted molar refractivity (Wildman–Crippen MR) is 88.0 cm³/mol. The fourth-order valence-electron chi connectivity index (χ4n) is 1.88. The van der Waals surface area contributed by atoms with Crippen LogP contribution in [0.1, 0.15) is 20.7 Å². The van der Waals surface area contributed by atoms with Crippen LogP contribution < -0.4 is 10.6 Å². The number of hydrogen-bond acceptors (Lipinski definition) is 3. The number of carbonyl (C=O) groups is 2. The molecule has 0 unspecified atom stereocenters. The van der Waals surface area contributed by atoms with Gasteiger partial charge in [0.15, 0.2) is 0 Å². The highest BCUT2D eigenvalue weighted by Crippen LogP contribution is 2.17. The average molecular weight is 363 g/mol. The summed E-state index contributed by atoms with van der Waals surface area (Å²) in [6, 6.07) is 13.7. The zero-order valence-corrected chi connectivity index (χ0v) is 13.3. The minimum absolute atomic E-state index is 0.141. The summed E-state index contributed by atoms with van der Waals surface area (Å²) in [5, 5.41) is 14.1. The molecule has 0 aliphatic carbocycles. The maximum atomic E-state index is 12.3. The number of benzene rings is 2. The molecule has 0 heterocycles. The highest BCUT2D eigenvalue weighted by molar-refractivity contribution is 9.10. The van der Waals surface area contributed by atoms with Gasteiger partial charge in [-0.2, -0.15) is 0 Å². The van der Waals surface area contributed by atoms with Crippen molar-refractivity contribution in [2.24, 2.45) is 0 Å². The molecule has 0 fully saturated rings. The Balaban J connectivity index is 2.19. The van der Waals surface area contributed by atoms with Crippen LogP contribution in [0.25, 0.3) is 0 Å². The molecule has 0 saturated heterocycles. The van der Waals surface area contributed by atoms with E-state index >= 15 is 0 Å². The van der Waals surface area contributed by atoms with Gasteiger partial charge in [-0.15, -0.1) is 0 Å². The third kappa shape index (κ3) is 4.16. The highest BCUT2D eigenvalue weighted by Gasteiger charge is 2.13. The summed E-state index contributed by atoms with van der Waals surface area (Å²) in [5.74, 6) is -0.650. The number of aliphatic hydroxyl groups is 1. The second-order valence-electron chi connectivity index (χ2n) is 4.49. The summed E-state index contributed by atoms with van der Waals surface area (Å²) >= 11 is 3.31. The normalized spacial score (nSPS) is 10.1. The maximum absolute atomic E-state index is 12.3. The first kappa shape index (κ1) is 16.2. The minimum Gasteiger partial charge on any atom is -0.395 e. The molecule has 0 spiro atoms. The Hall–Kier alpha value is -2.18. The van der Waals surface area contributed by atoms with Gasteiger partial charge in [0.05, 0.1) is 17.9 Å². The van der Waals surface area contributed by atoms with Gasteiger partial charge in [-0.25, -0.2) is 0 Å². The van der Waals surface area contributed by atoms with E-state index < -0.39 is 0 Å². The predicted octanol–water partition coefficient (Wildman–Crippen LogP) is 2.42. The number of para-hydroxylation sites is 1. The number of nitrogens with one attached hydrogen (secondary N) is 2. The van der Waals surface area contributed by atoms with Crippen molar-refractivity contribution in [3.05, 3.63) is 64.1 Å². The lowest BCUT2D eigenvalue weighted by Gasteiger charge is -2.11. The zero-order valence-electron chi connectivity index (χ0n) is 11.7. The largest absolute Gasteiger partial charge is 0.395 e. The Bertz CT molecular complexity index is 689. The molecule has 2 aromatic rings. The van der Waals surface area contributed by atoms with E-state index in [2.05, 4.69) is 26.6 Å². The molecular formula is C16H15BrN2O3. The summed E-state index contributed by atoms with van der Waals surface area (Å²) in [6.45, 7) is 0.0189. The lowest BCUT2D eigenvalue weighted by atomic mass is 10.1. The van der Waals surface area contributed by atoms with E-state index in [4.69, 9.17) is 5.11 Å². The Kier molecular flexibility index (Phi) is 5.68. The Labute approximate surface area is 136 Å². The Morgan fingerprint density at radius 2 is 1.82 bits per heavy atom. The molecule has 3 N–H and O–H groups in total. The van der Waals surface area contributed by atoms with Gasteiger partial charge in [0.25, 0.3) is 11.8 Å². The van der Waals surface area contributed by atoms with Crippen molar-refractivity contribution in [3.8, 4) is 0 Å². The maximum Gasteiger partial charge on any atom is 0.255 e. The second kappa shape index (κ2) is 7.72. The molecule has 0 aliphatic rings. The van der Waals surface area contributed by atoms with Gasteiger partial charge < -0.3 is 15.7 Å². The van der Waals surface area contributed by atoms with Crippen molar-refractivity contribution in [1.29, 1.82) is 0 Å². The van der Waals surface area contributed by atoms with E-state index in [0.29, 0.717) is 16.8 Å². The molecule has 2 rings (SSSR count). The van der Waals surface area contributed by atoms with E-state index in [1.54, 1.807) is 42.5 Å². The molecule has 5 nitrogen and oxygen atoms in total. The molecule has 0 aliphatic heterocycles. The van der Waals surface area contributed by atoms with Gasteiger partial charge in [-0.05, 0) is 30.3 Å². The molecule has 0 atom stereocenters. The molecule has 0 radical (unpaired) electrons. The van der Waals surface area contributed by atoms with Crippen molar-refractivity contribution < 1.29 is 14.7 Å². The first-order chi connectivity index (χ1) is 10.6. The van der Waals surface area contributed by atoms with Gasteiger partial charge in [0.2, 0.25) is 0 Å². The van der Waals surface area contributed by atoms with Crippen molar-refractivity contribution in [3.63, 3.8) is 0 Å². The molecule has 114 valence electrons. The summed E-state index contributed by atoms with van der Waals surface area (Å²) in [5.41, 5.74) is 1.25. The van der Waals surface area contributed by atoms with Gasteiger partial charge in [-0.1, -0.05) is 34.1 Å². The molecular weight excluding hydrogens is 348 g/mol. The van der Waals surface area contributed by atoms with Crippen LogP contribution in [0.5, 0.6) is 0 Å². The monoisotopic (exact) mass is 362 g/mol. The first-order valence-electron chi connectivity index (χ1n) is 6.67. The number of anilines is 1. The lowest BCUT2D eigenvalue weighted by Crippen LogP contribution is -2.27. The van der Waals surface area contributed by atoms with Gasteiger partial charge in [0.1, 0.15) is 0 Å². The van der Waals surface area contributed by atoms with Gasteiger partial charge in [-0.3, -0.25) is 9.59 Å². The molecule has 0 aromatic heterocycles. The van der Waals surface area contributed by atoms with E-state index in [0.717, 1.165) is 4.47 Å². The number of carbonyl (C=O) groups excluding carboxylic acids is 2. The summed E-state index contributed by atoms with van der Waals surface area (Å²) < 4.78 is 0.800. The van der Waals surface area contributed by atoms with E-state index in [1.807, 2.05) is 6.07 Å². The van der Waals surface area contributed by atoms with Gasteiger partial charge >= 0.3 is 0 Å². The third-order valence-corrected chi connectivity index (χ3v) is 3.40. The molecule has 6 heteroatoms. The first-order valence-corrected chi connectivity index (χ1v) is 7.46. The highest BCUT2D eigenvalue weighted by atomic mass is 79.9. The van der Waals surface area contributed by atoms with Crippen molar-refractivity contribution >= 4 is 33.4 Å². The number of rotatable bonds is 5. The SMILES string of the molecule is O=C(Nc1ccccc1C(=O)NCCO)c1cccc(Br)c1. The topological polar surface area (TPSA) is 78.4 Å². The summed E-state index contributed by atoms with van der Waals surface area (Å²) in [7, 11) is 0. The zero-order chi connectivity index (χ0) is 15.9.